The number of anilines is 2. The summed E-state index contributed by atoms with van der Waals surface area (Å²) in [6.45, 7) is 4.22. The lowest BCUT2D eigenvalue weighted by molar-refractivity contribution is -0.112. The van der Waals surface area contributed by atoms with Crippen LogP contribution in [-0.2, 0) is 20.2 Å². The van der Waals surface area contributed by atoms with E-state index in [1.54, 1.807) is 36.4 Å². The van der Waals surface area contributed by atoms with E-state index in [1.165, 1.54) is 36.6 Å². The highest BCUT2D eigenvalue weighted by atomic mass is 32.2. The number of allylic oxidation sites excluding steroid dienone is 2. The maximum absolute atomic E-state index is 13.0. The van der Waals surface area contributed by atoms with Crippen LogP contribution in [-0.4, -0.2) is 39.1 Å². The summed E-state index contributed by atoms with van der Waals surface area (Å²) < 4.78 is 39.5. The number of aromatic nitrogens is 1. The van der Waals surface area contributed by atoms with Crippen LogP contribution in [0.1, 0.15) is 19.4 Å². The van der Waals surface area contributed by atoms with Gasteiger partial charge in [-0.05, 0) is 42.0 Å². The van der Waals surface area contributed by atoms with Gasteiger partial charge in [0.1, 0.15) is 11.3 Å². The number of ether oxygens (including phenoxy) is 1. The highest BCUT2D eigenvalue weighted by Crippen LogP contribution is 2.46. The maximum Gasteiger partial charge on any atom is 0.262 e. The van der Waals surface area contributed by atoms with Gasteiger partial charge in [-0.3, -0.25) is 9.52 Å². The Morgan fingerprint density at radius 1 is 1.13 bits per heavy atom. The van der Waals surface area contributed by atoms with Crippen LogP contribution in [0.5, 0.6) is 5.75 Å². The van der Waals surface area contributed by atoms with Crippen LogP contribution in [0.2, 0.25) is 0 Å². The summed E-state index contributed by atoms with van der Waals surface area (Å²) in [5.41, 5.74) is 4.06. The van der Waals surface area contributed by atoms with Gasteiger partial charge in [0, 0.05) is 29.9 Å². The molecule has 196 valence electrons. The zero-order valence-corrected chi connectivity index (χ0v) is 23.0. The number of thioether (sulfide) groups is 1. The van der Waals surface area contributed by atoms with Crippen molar-refractivity contribution < 1.29 is 22.4 Å². The first-order chi connectivity index (χ1) is 18.1. The van der Waals surface area contributed by atoms with Gasteiger partial charge in [-0.2, -0.15) is 0 Å². The van der Waals surface area contributed by atoms with Crippen LogP contribution in [0.25, 0.3) is 11.1 Å². The van der Waals surface area contributed by atoms with Crippen molar-refractivity contribution in [3.05, 3.63) is 84.1 Å². The number of oxazole rings is 1. The maximum atomic E-state index is 13.0. The van der Waals surface area contributed by atoms with E-state index in [0.717, 1.165) is 11.4 Å². The van der Waals surface area contributed by atoms with Gasteiger partial charge in [0.25, 0.3) is 15.2 Å². The van der Waals surface area contributed by atoms with Crippen LogP contribution >= 0.6 is 11.8 Å². The van der Waals surface area contributed by atoms with Crippen molar-refractivity contribution in [2.45, 2.75) is 29.4 Å². The molecule has 0 amide bonds. The van der Waals surface area contributed by atoms with E-state index in [9.17, 15) is 13.2 Å². The first-order valence-corrected chi connectivity index (χ1v) is 14.3. The molecule has 3 aromatic carbocycles. The van der Waals surface area contributed by atoms with Crippen molar-refractivity contribution in [1.29, 1.82) is 0 Å². The van der Waals surface area contributed by atoms with Crippen LogP contribution in [0, 0.1) is 0 Å². The highest BCUT2D eigenvalue weighted by molar-refractivity contribution is 7.99. The van der Waals surface area contributed by atoms with Gasteiger partial charge in [-0.25, -0.2) is 13.4 Å². The molecule has 0 unspecified atom stereocenters. The predicted octanol–water partition coefficient (Wildman–Crippen LogP) is 5.61. The molecule has 1 N–H and O–H groups in total. The van der Waals surface area contributed by atoms with E-state index < -0.39 is 10.0 Å². The molecule has 1 aliphatic heterocycles. The van der Waals surface area contributed by atoms with Crippen molar-refractivity contribution in [2.75, 3.05) is 29.5 Å². The Labute approximate surface area is 225 Å². The monoisotopic (exact) mass is 549 g/mol. The molecule has 1 aliphatic rings. The number of nitrogens with one attached hydrogen (secondary N) is 1. The molecule has 0 fully saturated rings. The molecule has 2 heterocycles. The molecule has 8 nitrogen and oxygen atoms in total. The Kier molecular flexibility index (Phi) is 6.70. The van der Waals surface area contributed by atoms with Crippen LogP contribution < -0.4 is 14.4 Å². The molecule has 0 atom stereocenters. The summed E-state index contributed by atoms with van der Waals surface area (Å²) in [7, 11) is -0.451. The van der Waals surface area contributed by atoms with Crippen LogP contribution in [0.15, 0.2) is 93.0 Å². The third-order valence-electron chi connectivity index (χ3n) is 6.58. The van der Waals surface area contributed by atoms with E-state index in [2.05, 4.69) is 40.6 Å². The zero-order chi connectivity index (χ0) is 27.1. The second-order valence-electron chi connectivity index (χ2n) is 9.40. The number of hydrogen-bond donors (Lipinski definition) is 1. The third kappa shape index (κ3) is 4.77. The molecule has 4 aromatic rings. The Morgan fingerprint density at radius 3 is 2.63 bits per heavy atom. The number of nitrogens with zero attached hydrogens (tertiary/aromatic N) is 2. The number of fused-ring (bicyclic) bond motifs is 2. The quantitative estimate of drug-likeness (QED) is 0.224. The molecule has 1 aromatic heterocycles. The van der Waals surface area contributed by atoms with E-state index in [1.807, 2.05) is 19.2 Å². The summed E-state index contributed by atoms with van der Waals surface area (Å²) in [4.78, 5) is 19.4. The smallest absolute Gasteiger partial charge is 0.262 e. The SMILES string of the molecule is COc1ccccc1NS(=O)(=O)c1ccc2oc(SCC(=O)C=C3N(C)c4ccccc4C3(C)C)nc2c1. The van der Waals surface area contributed by atoms with Crippen molar-refractivity contribution >= 4 is 50.0 Å². The van der Waals surface area contributed by atoms with Gasteiger partial charge in [0.15, 0.2) is 11.4 Å². The molecule has 0 spiro atoms. The summed E-state index contributed by atoms with van der Waals surface area (Å²) in [5, 5.41) is 0.293. The lowest BCUT2D eigenvalue weighted by atomic mass is 9.83. The van der Waals surface area contributed by atoms with Gasteiger partial charge in [0.05, 0.1) is 23.4 Å². The van der Waals surface area contributed by atoms with Crippen LogP contribution in [0.3, 0.4) is 0 Å². The molecule has 0 saturated carbocycles. The summed E-state index contributed by atoms with van der Waals surface area (Å²) in [6.07, 6.45) is 1.68. The summed E-state index contributed by atoms with van der Waals surface area (Å²) in [6, 6.07) is 19.3. The van der Waals surface area contributed by atoms with E-state index >= 15 is 0 Å². The molecule has 0 radical (unpaired) electrons. The molecule has 5 rings (SSSR count). The van der Waals surface area contributed by atoms with Crippen molar-refractivity contribution in [2.24, 2.45) is 0 Å². The second-order valence-corrected chi connectivity index (χ2v) is 12.0. The number of sulfonamides is 1. The van der Waals surface area contributed by atoms with Gasteiger partial charge in [-0.1, -0.05) is 55.9 Å². The number of benzene rings is 3. The average molecular weight is 550 g/mol. The lowest BCUT2D eigenvalue weighted by Crippen LogP contribution is -2.24. The minimum Gasteiger partial charge on any atom is -0.495 e. The number of para-hydroxylation sites is 3. The Balaban J connectivity index is 1.31. The zero-order valence-electron chi connectivity index (χ0n) is 21.4. The summed E-state index contributed by atoms with van der Waals surface area (Å²) >= 11 is 1.17. The molecular weight excluding hydrogens is 522 g/mol. The van der Waals surface area contributed by atoms with Gasteiger partial charge in [0.2, 0.25) is 0 Å². The number of rotatable bonds is 8. The third-order valence-corrected chi connectivity index (χ3v) is 8.79. The summed E-state index contributed by atoms with van der Waals surface area (Å²) in [5.74, 6) is 0.481. The highest BCUT2D eigenvalue weighted by Gasteiger charge is 2.38. The van der Waals surface area contributed by atoms with E-state index in [4.69, 9.17) is 9.15 Å². The number of hydrogen-bond acceptors (Lipinski definition) is 8. The molecule has 38 heavy (non-hydrogen) atoms. The normalized spacial score (nSPS) is 15.6. The second kappa shape index (κ2) is 9.85. The topological polar surface area (TPSA) is 102 Å². The number of likely N-dealkylation sites (N-methyl/N-ethyl adjacent to an activating group) is 1. The van der Waals surface area contributed by atoms with Crippen molar-refractivity contribution in [3.8, 4) is 5.75 Å². The Morgan fingerprint density at radius 2 is 1.87 bits per heavy atom. The first-order valence-electron chi connectivity index (χ1n) is 11.9. The van der Waals surface area contributed by atoms with Crippen LogP contribution in [0.4, 0.5) is 11.4 Å². The largest absolute Gasteiger partial charge is 0.495 e. The number of methoxy groups -OCH3 is 1. The number of carbonyl (C=O) groups is 1. The fourth-order valence-corrected chi connectivity index (χ4v) is 6.38. The number of ketones is 1. The average Bonchev–Trinajstić information content (AvgIpc) is 3.39. The fraction of sp³-hybridized carbons (Fsp3) is 0.214. The van der Waals surface area contributed by atoms with E-state index in [0.29, 0.717) is 27.8 Å². The minimum absolute atomic E-state index is 0.0348. The van der Waals surface area contributed by atoms with Gasteiger partial charge < -0.3 is 14.1 Å². The lowest BCUT2D eigenvalue weighted by Gasteiger charge is -2.23. The Hall–Kier alpha value is -3.76. The predicted molar refractivity (Wildman–Crippen MR) is 149 cm³/mol. The van der Waals surface area contributed by atoms with Crippen molar-refractivity contribution in [3.63, 3.8) is 0 Å². The molecule has 0 bridgehead atoms. The van der Waals surface area contributed by atoms with Gasteiger partial charge >= 0.3 is 0 Å². The molecular formula is C28H27N3O5S2. The minimum atomic E-state index is -3.89. The fourth-order valence-electron chi connectivity index (χ4n) is 4.63. The van der Waals surface area contributed by atoms with E-state index in [-0.39, 0.29) is 21.8 Å². The molecule has 0 aliphatic carbocycles. The first kappa shape index (κ1) is 25.9. The van der Waals surface area contributed by atoms with Crippen molar-refractivity contribution in [1.82, 2.24) is 4.98 Å². The standard InChI is InChI=1S/C28H27N3O5S2/c1-28(2)20-9-5-7-11-23(20)31(3)26(28)15-18(32)17-37-27-29-22-16-19(13-14-25(22)36-27)38(33,34)30-21-10-6-8-12-24(21)35-4/h5-16,30H,17H2,1-4H3. The number of carbonyl (C=O) groups excluding carboxylic acids is 1. The Bertz CT molecular complexity index is 1670. The molecule has 10 heteroatoms. The molecule has 0 saturated heterocycles. The van der Waals surface area contributed by atoms with Gasteiger partial charge in [-0.15, -0.1) is 0 Å².